The van der Waals surface area contributed by atoms with Gasteiger partial charge in [0, 0.05) is 23.1 Å². The van der Waals surface area contributed by atoms with Crippen molar-refractivity contribution < 1.29 is 13.9 Å². The molecule has 1 aliphatic heterocycles. The lowest BCUT2D eigenvalue weighted by Gasteiger charge is -2.26. The van der Waals surface area contributed by atoms with Crippen LogP contribution in [0.25, 0.3) is 0 Å². The molecule has 1 N–H and O–H groups in total. The fraction of sp³-hybridized carbons (Fsp3) is 0.250. The minimum atomic E-state index is -0.211. The molecule has 110 valence electrons. The van der Waals surface area contributed by atoms with Crippen LogP contribution in [0.4, 0.5) is 4.39 Å². The van der Waals surface area contributed by atoms with E-state index in [1.54, 1.807) is 12.1 Å². The third-order valence-electron chi connectivity index (χ3n) is 3.26. The maximum absolute atomic E-state index is 13.6. The molecule has 3 nitrogen and oxygen atoms in total. The van der Waals surface area contributed by atoms with Crippen LogP contribution in [0.2, 0.25) is 0 Å². The molecule has 1 heterocycles. The third kappa shape index (κ3) is 3.54. The van der Waals surface area contributed by atoms with Gasteiger partial charge in [0.25, 0.3) is 0 Å². The average molecular weight is 352 g/mol. The largest absolute Gasteiger partial charge is 0.486 e. The van der Waals surface area contributed by atoms with Crippen molar-refractivity contribution in [3.05, 3.63) is 58.3 Å². The summed E-state index contributed by atoms with van der Waals surface area (Å²) in [5.74, 6) is 1.31. The molecule has 1 atom stereocenters. The molecule has 0 amide bonds. The molecule has 21 heavy (non-hydrogen) atoms. The van der Waals surface area contributed by atoms with Gasteiger partial charge in [-0.3, -0.25) is 0 Å². The fourth-order valence-electron chi connectivity index (χ4n) is 2.21. The SMILES string of the molecule is Fc1ccc(Br)cc1CNCC1COc2ccccc2O1. The summed E-state index contributed by atoms with van der Waals surface area (Å²) in [7, 11) is 0. The molecule has 0 saturated heterocycles. The van der Waals surface area contributed by atoms with Gasteiger partial charge in [-0.2, -0.15) is 0 Å². The Kier molecular flexibility index (Phi) is 4.41. The lowest BCUT2D eigenvalue weighted by molar-refractivity contribution is 0.0901. The Morgan fingerprint density at radius 3 is 2.86 bits per heavy atom. The highest BCUT2D eigenvalue weighted by molar-refractivity contribution is 9.10. The Labute approximate surface area is 131 Å². The third-order valence-corrected chi connectivity index (χ3v) is 3.76. The second-order valence-corrected chi connectivity index (χ2v) is 5.78. The van der Waals surface area contributed by atoms with Gasteiger partial charge in [-0.15, -0.1) is 0 Å². The van der Waals surface area contributed by atoms with E-state index < -0.39 is 0 Å². The van der Waals surface area contributed by atoms with Gasteiger partial charge in [0.15, 0.2) is 11.5 Å². The highest BCUT2D eigenvalue weighted by Gasteiger charge is 2.20. The van der Waals surface area contributed by atoms with Gasteiger partial charge in [0.2, 0.25) is 0 Å². The van der Waals surface area contributed by atoms with Gasteiger partial charge in [0.1, 0.15) is 18.5 Å². The molecule has 0 saturated carbocycles. The number of para-hydroxylation sites is 2. The minimum absolute atomic E-state index is 0.0740. The van der Waals surface area contributed by atoms with Crippen LogP contribution in [-0.4, -0.2) is 19.3 Å². The van der Waals surface area contributed by atoms with Crippen molar-refractivity contribution in [2.75, 3.05) is 13.2 Å². The van der Waals surface area contributed by atoms with Gasteiger partial charge in [0.05, 0.1) is 0 Å². The summed E-state index contributed by atoms with van der Waals surface area (Å²) in [4.78, 5) is 0. The average Bonchev–Trinajstić information content (AvgIpc) is 2.50. The number of rotatable bonds is 4. The van der Waals surface area contributed by atoms with Crippen LogP contribution in [0.1, 0.15) is 5.56 Å². The van der Waals surface area contributed by atoms with Crippen LogP contribution in [0.3, 0.4) is 0 Å². The second-order valence-electron chi connectivity index (χ2n) is 4.86. The predicted molar refractivity (Wildman–Crippen MR) is 82.2 cm³/mol. The molecular formula is C16H15BrFNO2. The van der Waals surface area contributed by atoms with E-state index >= 15 is 0 Å². The Bertz CT molecular complexity index is 635. The molecule has 0 fully saturated rings. The number of fused-ring (bicyclic) bond motifs is 1. The van der Waals surface area contributed by atoms with Gasteiger partial charge >= 0.3 is 0 Å². The molecule has 1 unspecified atom stereocenters. The maximum atomic E-state index is 13.6. The number of hydrogen-bond donors (Lipinski definition) is 1. The number of hydrogen-bond acceptors (Lipinski definition) is 3. The van der Waals surface area contributed by atoms with Gasteiger partial charge in [-0.05, 0) is 30.3 Å². The molecule has 0 spiro atoms. The zero-order chi connectivity index (χ0) is 14.7. The molecule has 0 bridgehead atoms. The summed E-state index contributed by atoms with van der Waals surface area (Å²) >= 11 is 3.34. The normalized spacial score (nSPS) is 16.8. The van der Waals surface area contributed by atoms with E-state index in [2.05, 4.69) is 21.2 Å². The second kappa shape index (κ2) is 6.45. The van der Waals surface area contributed by atoms with Crippen LogP contribution < -0.4 is 14.8 Å². The summed E-state index contributed by atoms with van der Waals surface area (Å²) in [6.45, 7) is 1.54. The zero-order valence-corrected chi connectivity index (χ0v) is 12.9. The van der Waals surface area contributed by atoms with E-state index in [1.165, 1.54) is 6.07 Å². The van der Waals surface area contributed by atoms with Gasteiger partial charge < -0.3 is 14.8 Å². The highest BCUT2D eigenvalue weighted by atomic mass is 79.9. The van der Waals surface area contributed by atoms with E-state index in [0.29, 0.717) is 25.3 Å². The molecule has 5 heteroatoms. The smallest absolute Gasteiger partial charge is 0.161 e. The maximum Gasteiger partial charge on any atom is 0.161 e. The van der Waals surface area contributed by atoms with Crippen molar-refractivity contribution in [3.63, 3.8) is 0 Å². The van der Waals surface area contributed by atoms with Crippen molar-refractivity contribution in [2.45, 2.75) is 12.6 Å². The van der Waals surface area contributed by atoms with E-state index in [4.69, 9.17) is 9.47 Å². The van der Waals surface area contributed by atoms with Crippen molar-refractivity contribution in [3.8, 4) is 11.5 Å². The Morgan fingerprint density at radius 1 is 1.19 bits per heavy atom. The molecule has 0 aliphatic carbocycles. The van der Waals surface area contributed by atoms with Crippen LogP contribution in [-0.2, 0) is 6.54 Å². The highest BCUT2D eigenvalue weighted by Crippen LogP contribution is 2.30. The van der Waals surface area contributed by atoms with Crippen molar-refractivity contribution in [1.82, 2.24) is 5.32 Å². The van der Waals surface area contributed by atoms with E-state index in [0.717, 1.165) is 16.0 Å². The summed E-state index contributed by atoms with van der Waals surface area (Å²) in [6.07, 6.45) is -0.0740. The van der Waals surface area contributed by atoms with Gasteiger partial charge in [-0.25, -0.2) is 4.39 Å². The molecular weight excluding hydrogens is 337 g/mol. The summed E-state index contributed by atoms with van der Waals surface area (Å²) in [5.41, 5.74) is 0.626. The monoisotopic (exact) mass is 351 g/mol. The Morgan fingerprint density at radius 2 is 2.00 bits per heavy atom. The molecule has 3 rings (SSSR count). The van der Waals surface area contributed by atoms with Crippen molar-refractivity contribution in [2.24, 2.45) is 0 Å². The number of nitrogens with one attached hydrogen (secondary N) is 1. The summed E-state index contributed by atoms with van der Waals surface area (Å²) < 4.78 is 26.0. The van der Waals surface area contributed by atoms with Crippen molar-refractivity contribution in [1.29, 1.82) is 0 Å². The summed E-state index contributed by atoms with van der Waals surface area (Å²) in [5, 5.41) is 3.20. The van der Waals surface area contributed by atoms with E-state index in [1.807, 2.05) is 24.3 Å². The molecule has 0 aromatic heterocycles. The lowest BCUT2D eigenvalue weighted by Crippen LogP contribution is -2.38. The minimum Gasteiger partial charge on any atom is -0.486 e. The van der Waals surface area contributed by atoms with Crippen LogP contribution in [0.5, 0.6) is 11.5 Å². The fourth-order valence-corrected chi connectivity index (χ4v) is 2.62. The number of ether oxygens (including phenoxy) is 2. The Balaban J connectivity index is 1.54. The lowest BCUT2D eigenvalue weighted by atomic mass is 10.2. The van der Waals surface area contributed by atoms with E-state index in [-0.39, 0.29) is 11.9 Å². The molecule has 2 aromatic rings. The predicted octanol–water partition coefficient (Wildman–Crippen LogP) is 3.52. The number of benzene rings is 2. The quantitative estimate of drug-likeness (QED) is 0.914. The van der Waals surface area contributed by atoms with Crippen molar-refractivity contribution >= 4 is 15.9 Å². The first-order valence-corrected chi connectivity index (χ1v) is 7.55. The van der Waals surface area contributed by atoms with Gasteiger partial charge in [-0.1, -0.05) is 28.1 Å². The van der Waals surface area contributed by atoms with Crippen LogP contribution >= 0.6 is 15.9 Å². The topological polar surface area (TPSA) is 30.5 Å². The van der Waals surface area contributed by atoms with Crippen LogP contribution in [0.15, 0.2) is 46.9 Å². The van der Waals surface area contributed by atoms with Crippen LogP contribution in [0, 0.1) is 5.82 Å². The first-order chi connectivity index (χ1) is 10.2. The standard InChI is InChI=1S/C16H15BrFNO2/c17-12-5-6-14(18)11(7-12)8-19-9-13-10-20-15-3-1-2-4-16(15)21-13/h1-7,13,19H,8-10H2. The molecule has 1 aliphatic rings. The van der Waals surface area contributed by atoms with E-state index in [9.17, 15) is 4.39 Å². The molecule has 2 aromatic carbocycles. The first kappa shape index (κ1) is 14.4. The zero-order valence-electron chi connectivity index (χ0n) is 11.3. The number of halogens is 2. The Hall–Kier alpha value is -1.59. The molecule has 0 radical (unpaired) electrons. The summed E-state index contributed by atoms with van der Waals surface area (Å²) in [6, 6.07) is 12.5. The first-order valence-electron chi connectivity index (χ1n) is 6.75.